The summed E-state index contributed by atoms with van der Waals surface area (Å²) < 4.78 is 23.6. The topological polar surface area (TPSA) is 35.5 Å². The minimum Gasteiger partial charge on any atom is -0.309 e. The summed E-state index contributed by atoms with van der Waals surface area (Å²) in [6, 6.07) is 10.3. The molecule has 0 spiro atoms. The molecular formula is C16H27O3P. The molecule has 0 amide bonds. The van der Waals surface area contributed by atoms with Crippen LogP contribution < -0.4 is 0 Å². The fraction of sp³-hybridized carbons (Fsp3) is 0.625. The number of hydrogen-bond acceptors (Lipinski definition) is 3. The molecule has 20 heavy (non-hydrogen) atoms. The van der Waals surface area contributed by atoms with Gasteiger partial charge >= 0.3 is 7.60 Å². The first-order valence-corrected chi connectivity index (χ1v) is 9.35. The molecular weight excluding hydrogens is 271 g/mol. The van der Waals surface area contributed by atoms with Crippen molar-refractivity contribution in [3.63, 3.8) is 0 Å². The average Bonchev–Trinajstić information content (AvgIpc) is 2.49. The molecule has 0 radical (unpaired) electrons. The van der Waals surface area contributed by atoms with Crippen molar-refractivity contribution < 1.29 is 13.6 Å². The highest BCUT2D eigenvalue weighted by molar-refractivity contribution is 7.53. The molecule has 1 rings (SSSR count). The van der Waals surface area contributed by atoms with E-state index >= 15 is 0 Å². The molecule has 0 aromatic heterocycles. The van der Waals surface area contributed by atoms with Gasteiger partial charge in [-0.3, -0.25) is 4.57 Å². The molecule has 0 aliphatic rings. The van der Waals surface area contributed by atoms with E-state index in [0.29, 0.717) is 19.4 Å². The molecule has 0 aliphatic heterocycles. The Balaban J connectivity index is 2.32. The van der Waals surface area contributed by atoms with E-state index < -0.39 is 7.60 Å². The van der Waals surface area contributed by atoms with E-state index in [1.165, 1.54) is 5.56 Å². The maximum absolute atomic E-state index is 12.5. The highest BCUT2D eigenvalue weighted by Crippen LogP contribution is 2.49. The molecule has 0 saturated heterocycles. The van der Waals surface area contributed by atoms with Crippen LogP contribution in [0.15, 0.2) is 30.3 Å². The molecule has 0 N–H and O–H groups in total. The Morgan fingerprint density at radius 2 is 1.65 bits per heavy atom. The number of aryl methyl sites for hydroxylation is 1. The van der Waals surface area contributed by atoms with E-state index in [1.54, 1.807) is 0 Å². The molecule has 1 atom stereocenters. The van der Waals surface area contributed by atoms with Gasteiger partial charge in [0.1, 0.15) is 0 Å². The number of benzene rings is 1. The van der Waals surface area contributed by atoms with Crippen LogP contribution in [0.5, 0.6) is 0 Å². The standard InChI is InChI=1S/C16H27O3P/c1-3-5-15-20(17,18-13-4-2)19-14-9-12-16-10-7-6-8-11-16/h6-8,10-11H,3-5,9,12-15H2,1-2H3. The first kappa shape index (κ1) is 17.4. The molecule has 0 saturated carbocycles. The van der Waals surface area contributed by atoms with Crippen LogP contribution in [0.1, 0.15) is 45.1 Å². The molecule has 0 bridgehead atoms. The van der Waals surface area contributed by atoms with Crippen molar-refractivity contribution in [2.24, 2.45) is 0 Å². The number of rotatable bonds is 11. The molecule has 3 nitrogen and oxygen atoms in total. The van der Waals surface area contributed by atoms with Gasteiger partial charge in [-0.15, -0.1) is 0 Å². The van der Waals surface area contributed by atoms with Gasteiger partial charge in [0.25, 0.3) is 0 Å². The van der Waals surface area contributed by atoms with Crippen LogP contribution in [0.3, 0.4) is 0 Å². The first-order valence-electron chi connectivity index (χ1n) is 7.62. The second kappa shape index (κ2) is 10.1. The van der Waals surface area contributed by atoms with Gasteiger partial charge in [0.15, 0.2) is 0 Å². The zero-order valence-electron chi connectivity index (χ0n) is 12.7. The van der Waals surface area contributed by atoms with Gasteiger partial charge in [-0.2, -0.15) is 0 Å². The molecule has 4 heteroatoms. The fourth-order valence-electron chi connectivity index (χ4n) is 1.87. The summed E-state index contributed by atoms with van der Waals surface area (Å²) in [6.07, 6.45) is 5.11. The van der Waals surface area contributed by atoms with Crippen molar-refractivity contribution in [3.05, 3.63) is 35.9 Å². The van der Waals surface area contributed by atoms with Crippen LogP contribution >= 0.6 is 7.60 Å². The summed E-state index contributed by atoms with van der Waals surface area (Å²) in [7, 11) is -2.87. The highest BCUT2D eigenvalue weighted by atomic mass is 31.2. The average molecular weight is 298 g/mol. The van der Waals surface area contributed by atoms with Gasteiger partial charge < -0.3 is 9.05 Å². The third kappa shape index (κ3) is 7.23. The number of hydrogen-bond donors (Lipinski definition) is 0. The Kier molecular flexibility index (Phi) is 8.84. The Bertz CT molecular complexity index is 380. The molecule has 1 aromatic carbocycles. The van der Waals surface area contributed by atoms with E-state index in [4.69, 9.17) is 9.05 Å². The third-order valence-corrected chi connectivity index (χ3v) is 5.03. The second-order valence-corrected chi connectivity index (χ2v) is 7.13. The SMILES string of the molecule is CCCCP(=O)(OCCC)OCCCc1ccccc1. The Hall–Kier alpha value is -0.630. The molecule has 0 fully saturated rings. The first-order chi connectivity index (χ1) is 9.70. The van der Waals surface area contributed by atoms with Crippen molar-refractivity contribution in [1.29, 1.82) is 0 Å². The van der Waals surface area contributed by atoms with Crippen LogP contribution in [-0.4, -0.2) is 19.4 Å². The van der Waals surface area contributed by atoms with Crippen molar-refractivity contribution in [2.45, 2.75) is 46.0 Å². The van der Waals surface area contributed by atoms with Crippen molar-refractivity contribution in [2.75, 3.05) is 19.4 Å². The largest absolute Gasteiger partial charge is 0.330 e. The second-order valence-electron chi connectivity index (χ2n) is 4.94. The minimum atomic E-state index is -2.87. The van der Waals surface area contributed by atoms with Crippen molar-refractivity contribution in [1.82, 2.24) is 0 Å². The summed E-state index contributed by atoms with van der Waals surface area (Å²) >= 11 is 0. The maximum atomic E-state index is 12.5. The minimum absolute atomic E-state index is 0.500. The van der Waals surface area contributed by atoms with Crippen LogP contribution in [0.25, 0.3) is 0 Å². The lowest BCUT2D eigenvalue weighted by atomic mass is 10.1. The fourth-order valence-corrected chi connectivity index (χ4v) is 3.78. The van der Waals surface area contributed by atoms with E-state index in [-0.39, 0.29) is 0 Å². The third-order valence-electron chi connectivity index (χ3n) is 3.02. The van der Waals surface area contributed by atoms with E-state index in [9.17, 15) is 4.57 Å². The zero-order valence-corrected chi connectivity index (χ0v) is 13.6. The van der Waals surface area contributed by atoms with Gasteiger partial charge in [-0.05, 0) is 31.2 Å². The molecule has 1 aromatic rings. The van der Waals surface area contributed by atoms with Gasteiger partial charge in [-0.1, -0.05) is 50.6 Å². The summed E-state index contributed by atoms with van der Waals surface area (Å²) in [4.78, 5) is 0. The van der Waals surface area contributed by atoms with Gasteiger partial charge in [-0.25, -0.2) is 0 Å². The normalized spacial score (nSPS) is 14.1. The lowest BCUT2D eigenvalue weighted by molar-refractivity contribution is 0.202. The van der Waals surface area contributed by atoms with Crippen LogP contribution in [-0.2, 0) is 20.0 Å². The number of unbranched alkanes of at least 4 members (excludes halogenated alkanes) is 1. The summed E-state index contributed by atoms with van der Waals surface area (Å²) in [5, 5.41) is 0. The van der Waals surface area contributed by atoms with E-state index in [2.05, 4.69) is 19.1 Å². The van der Waals surface area contributed by atoms with Crippen molar-refractivity contribution in [3.8, 4) is 0 Å². The Morgan fingerprint density at radius 3 is 2.30 bits per heavy atom. The smallest absolute Gasteiger partial charge is 0.309 e. The molecule has 114 valence electrons. The van der Waals surface area contributed by atoms with Crippen LogP contribution in [0.4, 0.5) is 0 Å². The van der Waals surface area contributed by atoms with Gasteiger partial charge in [0, 0.05) is 0 Å². The van der Waals surface area contributed by atoms with E-state index in [1.807, 2.05) is 25.1 Å². The Labute approximate surface area is 123 Å². The lowest BCUT2D eigenvalue weighted by Crippen LogP contribution is -2.03. The van der Waals surface area contributed by atoms with Crippen LogP contribution in [0.2, 0.25) is 0 Å². The van der Waals surface area contributed by atoms with E-state index in [0.717, 1.165) is 32.1 Å². The zero-order chi connectivity index (χ0) is 14.7. The molecule has 0 heterocycles. The molecule has 1 unspecified atom stereocenters. The van der Waals surface area contributed by atoms with Gasteiger partial charge in [0.2, 0.25) is 0 Å². The maximum Gasteiger partial charge on any atom is 0.330 e. The monoisotopic (exact) mass is 298 g/mol. The molecule has 0 aliphatic carbocycles. The highest BCUT2D eigenvalue weighted by Gasteiger charge is 2.23. The summed E-state index contributed by atoms with van der Waals surface area (Å²) in [5.74, 6) is 0. The Morgan fingerprint density at radius 1 is 0.950 bits per heavy atom. The van der Waals surface area contributed by atoms with Crippen molar-refractivity contribution >= 4 is 7.60 Å². The quantitative estimate of drug-likeness (QED) is 0.423. The summed E-state index contributed by atoms with van der Waals surface area (Å²) in [5.41, 5.74) is 1.29. The van der Waals surface area contributed by atoms with Crippen LogP contribution in [0, 0.1) is 0 Å². The summed E-state index contributed by atoms with van der Waals surface area (Å²) in [6.45, 7) is 5.11. The predicted octanol–water partition coefficient (Wildman–Crippen LogP) is 5.06. The lowest BCUT2D eigenvalue weighted by Gasteiger charge is -2.18. The van der Waals surface area contributed by atoms with Gasteiger partial charge in [0.05, 0.1) is 19.4 Å². The predicted molar refractivity (Wildman–Crippen MR) is 84.3 cm³/mol.